The van der Waals surface area contributed by atoms with Gasteiger partial charge in [0.25, 0.3) is 0 Å². The van der Waals surface area contributed by atoms with Crippen LogP contribution in [0.2, 0.25) is 0 Å². The van der Waals surface area contributed by atoms with E-state index in [4.69, 9.17) is 9.84 Å². The molecule has 0 unspecified atom stereocenters. The molecule has 2 amide bonds. The van der Waals surface area contributed by atoms with Crippen molar-refractivity contribution in [1.29, 1.82) is 0 Å². The zero-order valence-corrected chi connectivity index (χ0v) is 10.3. The monoisotopic (exact) mass is 244 g/mol. The maximum absolute atomic E-state index is 11.7. The number of ether oxygens (including phenoxy) is 1. The fraction of sp³-hybridized carbons (Fsp3) is 0.818. The topological polar surface area (TPSA) is 78.9 Å². The van der Waals surface area contributed by atoms with Crippen molar-refractivity contribution in [3.8, 4) is 0 Å². The Morgan fingerprint density at radius 2 is 2.24 bits per heavy atom. The number of urea groups is 1. The number of carbonyl (C=O) groups excluding carboxylic acids is 1. The van der Waals surface area contributed by atoms with Crippen LogP contribution in [-0.4, -0.2) is 54.4 Å². The van der Waals surface area contributed by atoms with Crippen molar-refractivity contribution < 1.29 is 19.4 Å². The van der Waals surface area contributed by atoms with Crippen LogP contribution in [0, 0.1) is 0 Å². The van der Waals surface area contributed by atoms with Crippen LogP contribution in [0.3, 0.4) is 0 Å². The molecule has 2 atom stereocenters. The van der Waals surface area contributed by atoms with E-state index in [1.54, 1.807) is 7.05 Å². The summed E-state index contributed by atoms with van der Waals surface area (Å²) >= 11 is 0. The van der Waals surface area contributed by atoms with Gasteiger partial charge in [-0.3, -0.25) is 4.79 Å². The summed E-state index contributed by atoms with van der Waals surface area (Å²) in [5.41, 5.74) is 0. The Morgan fingerprint density at radius 1 is 1.53 bits per heavy atom. The maximum atomic E-state index is 11.7. The number of nitrogens with one attached hydrogen (secondary N) is 1. The molecule has 1 aliphatic rings. The first-order chi connectivity index (χ1) is 8.04. The molecule has 0 radical (unpaired) electrons. The van der Waals surface area contributed by atoms with E-state index in [-0.39, 0.29) is 31.1 Å². The minimum absolute atomic E-state index is 0.0394. The molecule has 2 N–H and O–H groups in total. The lowest BCUT2D eigenvalue weighted by Gasteiger charge is -2.23. The molecular formula is C11H20N2O4. The molecule has 1 aliphatic heterocycles. The Labute approximate surface area is 101 Å². The highest BCUT2D eigenvalue weighted by molar-refractivity contribution is 5.75. The number of hydrogen-bond acceptors (Lipinski definition) is 3. The van der Waals surface area contributed by atoms with E-state index in [1.807, 2.05) is 6.92 Å². The van der Waals surface area contributed by atoms with Gasteiger partial charge in [-0.05, 0) is 12.8 Å². The van der Waals surface area contributed by atoms with E-state index in [0.29, 0.717) is 6.61 Å². The van der Waals surface area contributed by atoms with Crippen LogP contribution in [0.25, 0.3) is 0 Å². The highest BCUT2D eigenvalue weighted by Crippen LogP contribution is 2.16. The van der Waals surface area contributed by atoms with E-state index >= 15 is 0 Å². The van der Waals surface area contributed by atoms with Crippen molar-refractivity contribution in [2.45, 2.75) is 38.3 Å². The van der Waals surface area contributed by atoms with Gasteiger partial charge in [0.2, 0.25) is 0 Å². The van der Waals surface area contributed by atoms with Crippen molar-refractivity contribution in [3.63, 3.8) is 0 Å². The third kappa shape index (κ3) is 4.22. The maximum Gasteiger partial charge on any atom is 0.317 e. The zero-order chi connectivity index (χ0) is 12.8. The van der Waals surface area contributed by atoms with Crippen LogP contribution in [-0.2, 0) is 9.53 Å². The lowest BCUT2D eigenvalue weighted by Crippen LogP contribution is -2.46. The molecule has 0 spiro atoms. The third-order valence-corrected chi connectivity index (χ3v) is 2.93. The molecule has 6 nitrogen and oxygen atoms in total. The van der Waals surface area contributed by atoms with Crippen LogP contribution in [0.5, 0.6) is 0 Å². The van der Waals surface area contributed by atoms with Gasteiger partial charge in [0.1, 0.15) is 0 Å². The van der Waals surface area contributed by atoms with Crippen molar-refractivity contribution in [2.24, 2.45) is 0 Å². The van der Waals surface area contributed by atoms with E-state index in [1.165, 1.54) is 4.90 Å². The second kappa shape index (κ2) is 6.44. The number of carbonyl (C=O) groups is 2. The molecule has 0 saturated carbocycles. The highest BCUT2D eigenvalue weighted by Gasteiger charge is 2.28. The first kappa shape index (κ1) is 13.8. The van der Waals surface area contributed by atoms with Crippen LogP contribution in [0.15, 0.2) is 0 Å². The number of carboxylic acids is 1. The van der Waals surface area contributed by atoms with Crippen LogP contribution >= 0.6 is 0 Å². The van der Waals surface area contributed by atoms with E-state index in [9.17, 15) is 9.59 Å². The molecule has 1 fully saturated rings. The van der Waals surface area contributed by atoms with Gasteiger partial charge in [-0.2, -0.15) is 0 Å². The van der Waals surface area contributed by atoms with Crippen molar-refractivity contribution in [3.05, 3.63) is 0 Å². The Hall–Kier alpha value is -1.30. The Morgan fingerprint density at radius 3 is 2.82 bits per heavy atom. The molecule has 17 heavy (non-hydrogen) atoms. The summed E-state index contributed by atoms with van der Waals surface area (Å²) in [5.74, 6) is -0.903. The largest absolute Gasteiger partial charge is 0.481 e. The lowest BCUT2D eigenvalue weighted by molar-refractivity contribution is -0.137. The summed E-state index contributed by atoms with van der Waals surface area (Å²) in [5, 5.41) is 11.4. The van der Waals surface area contributed by atoms with E-state index in [2.05, 4.69) is 5.32 Å². The van der Waals surface area contributed by atoms with Crippen LogP contribution < -0.4 is 5.32 Å². The first-order valence-corrected chi connectivity index (χ1v) is 5.89. The average Bonchev–Trinajstić information content (AvgIpc) is 2.72. The molecule has 0 aromatic rings. The molecule has 1 heterocycles. The predicted molar refractivity (Wildman–Crippen MR) is 61.9 cm³/mol. The second-order valence-corrected chi connectivity index (χ2v) is 4.23. The van der Waals surface area contributed by atoms with Gasteiger partial charge in [0.05, 0.1) is 18.6 Å². The number of hydrogen-bond donors (Lipinski definition) is 2. The summed E-state index contributed by atoms with van der Waals surface area (Å²) in [7, 11) is 1.59. The molecular weight excluding hydrogens is 224 g/mol. The van der Waals surface area contributed by atoms with Gasteiger partial charge in [0, 0.05) is 20.2 Å². The minimum Gasteiger partial charge on any atom is -0.481 e. The molecule has 98 valence electrons. The first-order valence-electron chi connectivity index (χ1n) is 5.89. The van der Waals surface area contributed by atoms with Gasteiger partial charge in [-0.1, -0.05) is 6.92 Å². The quantitative estimate of drug-likeness (QED) is 0.745. The van der Waals surface area contributed by atoms with Crippen molar-refractivity contribution >= 4 is 12.0 Å². The Balaban J connectivity index is 2.34. The minimum atomic E-state index is -0.903. The number of nitrogens with zero attached hydrogens (tertiary/aromatic N) is 1. The summed E-state index contributed by atoms with van der Waals surface area (Å²) in [6, 6.07) is -0.194. The predicted octanol–water partition coefficient (Wildman–Crippen LogP) is 0.670. The van der Waals surface area contributed by atoms with Crippen LogP contribution in [0.1, 0.15) is 26.2 Å². The fourth-order valence-corrected chi connectivity index (χ4v) is 1.85. The van der Waals surface area contributed by atoms with Gasteiger partial charge in [-0.15, -0.1) is 0 Å². The zero-order valence-electron chi connectivity index (χ0n) is 10.3. The Bertz CT molecular complexity index is 283. The molecule has 1 rings (SSSR count). The molecule has 6 heteroatoms. The average molecular weight is 244 g/mol. The summed E-state index contributed by atoms with van der Waals surface area (Å²) in [6.07, 6.45) is 1.72. The van der Waals surface area contributed by atoms with E-state index in [0.717, 1.165) is 12.8 Å². The van der Waals surface area contributed by atoms with Gasteiger partial charge >= 0.3 is 12.0 Å². The second-order valence-electron chi connectivity index (χ2n) is 4.23. The summed E-state index contributed by atoms with van der Waals surface area (Å²) < 4.78 is 5.47. The highest BCUT2D eigenvalue weighted by atomic mass is 16.5. The van der Waals surface area contributed by atoms with Crippen molar-refractivity contribution in [2.75, 3.05) is 20.2 Å². The van der Waals surface area contributed by atoms with Crippen molar-refractivity contribution in [1.82, 2.24) is 10.2 Å². The molecule has 0 bridgehead atoms. The van der Waals surface area contributed by atoms with Crippen LogP contribution in [0.4, 0.5) is 4.79 Å². The van der Waals surface area contributed by atoms with Gasteiger partial charge < -0.3 is 20.1 Å². The number of rotatable bonds is 5. The number of amides is 2. The molecule has 0 aromatic heterocycles. The smallest absolute Gasteiger partial charge is 0.317 e. The molecule has 0 aromatic carbocycles. The number of aliphatic carboxylic acids is 1. The third-order valence-electron chi connectivity index (χ3n) is 2.93. The molecule has 1 saturated heterocycles. The summed E-state index contributed by atoms with van der Waals surface area (Å²) in [4.78, 5) is 23.5. The normalized spacial score (nSPS) is 23.4. The Kier molecular flexibility index (Phi) is 5.21. The van der Waals surface area contributed by atoms with Gasteiger partial charge in [0.15, 0.2) is 0 Å². The van der Waals surface area contributed by atoms with Gasteiger partial charge in [-0.25, -0.2) is 4.79 Å². The molecule has 0 aliphatic carbocycles. The standard InChI is InChI=1S/C11H20N2O4/c1-3-9-8(5-7-17-9)12-11(16)13(2)6-4-10(14)15/h8-9H,3-7H2,1-2H3,(H,12,16)(H,14,15)/t8-,9+/m1/s1. The number of carboxylic acid groups (broad SMARTS) is 1. The SMILES string of the molecule is CC[C@@H]1OCC[C@H]1NC(=O)N(C)CCC(=O)O. The fourth-order valence-electron chi connectivity index (χ4n) is 1.85. The lowest BCUT2D eigenvalue weighted by atomic mass is 10.1. The van der Waals surface area contributed by atoms with E-state index < -0.39 is 5.97 Å². The summed E-state index contributed by atoms with van der Waals surface area (Å²) in [6.45, 7) is 2.90.